The largest absolute Gasteiger partial charge is 0.507 e. The molecule has 1 aliphatic rings. The topological polar surface area (TPSA) is 66.6 Å². The second kappa shape index (κ2) is 6.27. The van der Waals surface area contributed by atoms with Gasteiger partial charge in [-0.15, -0.1) is 0 Å². The molecule has 0 radical (unpaired) electrons. The van der Waals surface area contributed by atoms with E-state index in [0.29, 0.717) is 18.7 Å². The number of nitrogens with two attached hydrogens (primary N) is 1. The first-order valence-electron chi connectivity index (χ1n) is 7.31. The van der Waals surface area contributed by atoms with E-state index in [-0.39, 0.29) is 11.8 Å². The first-order valence-corrected chi connectivity index (χ1v) is 7.31. The highest BCUT2D eigenvalue weighted by Crippen LogP contribution is 2.25. The number of carbonyl (C=O) groups excluding carboxylic acids is 1. The molecule has 0 saturated carbocycles. The number of likely N-dealkylation sites (tertiary alicyclic amines) is 1. The highest BCUT2D eigenvalue weighted by Gasteiger charge is 2.25. The Morgan fingerprint density at radius 3 is 2.35 bits per heavy atom. The Kier molecular flexibility index (Phi) is 4.65. The van der Waals surface area contributed by atoms with E-state index in [4.69, 9.17) is 5.73 Å². The van der Waals surface area contributed by atoms with Crippen molar-refractivity contribution in [3.8, 4) is 5.75 Å². The first-order chi connectivity index (χ1) is 9.52. The quantitative estimate of drug-likeness (QED) is 0.880. The summed E-state index contributed by atoms with van der Waals surface area (Å²) in [5.74, 6) is 0.355. The lowest BCUT2D eigenvalue weighted by Gasteiger charge is -2.22. The van der Waals surface area contributed by atoms with E-state index in [1.54, 1.807) is 0 Å². The van der Waals surface area contributed by atoms with E-state index in [0.717, 1.165) is 42.6 Å². The Balaban J connectivity index is 2.11. The molecule has 0 aliphatic carbocycles. The molecule has 1 aromatic carbocycles. The van der Waals surface area contributed by atoms with Gasteiger partial charge in [0.05, 0.1) is 5.92 Å². The Bertz CT molecular complexity index is 470. The van der Waals surface area contributed by atoms with Crippen molar-refractivity contribution < 1.29 is 9.90 Å². The summed E-state index contributed by atoms with van der Waals surface area (Å²) >= 11 is 0. The van der Waals surface area contributed by atoms with Crippen molar-refractivity contribution >= 4 is 5.91 Å². The number of aromatic hydroxyl groups is 1. The third-order valence-electron chi connectivity index (χ3n) is 4.08. The maximum absolute atomic E-state index is 12.4. The van der Waals surface area contributed by atoms with Crippen LogP contribution in [-0.2, 0) is 11.2 Å². The summed E-state index contributed by atoms with van der Waals surface area (Å²) in [6, 6.07) is 3.89. The number of benzene rings is 1. The second-order valence-electron chi connectivity index (χ2n) is 5.75. The van der Waals surface area contributed by atoms with E-state index in [1.807, 2.05) is 30.9 Å². The monoisotopic (exact) mass is 276 g/mol. The van der Waals surface area contributed by atoms with Gasteiger partial charge >= 0.3 is 0 Å². The van der Waals surface area contributed by atoms with Crippen molar-refractivity contribution in [2.75, 3.05) is 19.6 Å². The third-order valence-corrected chi connectivity index (χ3v) is 4.08. The summed E-state index contributed by atoms with van der Waals surface area (Å²) in [5.41, 5.74) is 8.57. The molecule has 3 N–H and O–H groups in total. The van der Waals surface area contributed by atoms with Crippen molar-refractivity contribution in [1.29, 1.82) is 0 Å². The smallest absolute Gasteiger partial charge is 0.227 e. The van der Waals surface area contributed by atoms with Crippen molar-refractivity contribution in [2.24, 2.45) is 11.7 Å². The SMILES string of the molecule is Cc1cc(CC(CN)C(=O)N2CCCC2)cc(C)c1O. The van der Waals surface area contributed by atoms with E-state index in [2.05, 4.69) is 0 Å². The van der Waals surface area contributed by atoms with E-state index < -0.39 is 0 Å². The highest BCUT2D eigenvalue weighted by atomic mass is 16.3. The molecule has 1 heterocycles. The van der Waals surface area contributed by atoms with Crippen molar-refractivity contribution in [3.63, 3.8) is 0 Å². The maximum atomic E-state index is 12.4. The molecule has 1 saturated heterocycles. The van der Waals surface area contributed by atoms with Gasteiger partial charge in [-0.3, -0.25) is 4.79 Å². The lowest BCUT2D eigenvalue weighted by Crippen LogP contribution is -2.38. The van der Waals surface area contributed by atoms with Crippen LogP contribution in [-0.4, -0.2) is 35.5 Å². The first kappa shape index (κ1) is 14.9. The van der Waals surface area contributed by atoms with Crippen LogP contribution in [0.3, 0.4) is 0 Å². The second-order valence-corrected chi connectivity index (χ2v) is 5.75. The van der Waals surface area contributed by atoms with Crippen molar-refractivity contribution in [2.45, 2.75) is 33.1 Å². The molecule has 1 amide bonds. The predicted octanol–water partition coefficient (Wildman–Crippen LogP) is 1.75. The molecule has 20 heavy (non-hydrogen) atoms. The molecule has 4 nitrogen and oxygen atoms in total. The summed E-state index contributed by atoms with van der Waals surface area (Å²) in [5, 5.41) is 9.80. The van der Waals surface area contributed by atoms with E-state index >= 15 is 0 Å². The van der Waals surface area contributed by atoms with E-state index in [9.17, 15) is 9.90 Å². The van der Waals surface area contributed by atoms with Crippen LogP contribution in [0, 0.1) is 19.8 Å². The van der Waals surface area contributed by atoms with Gasteiger partial charge in [-0.25, -0.2) is 0 Å². The molecule has 0 aromatic heterocycles. The van der Waals surface area contributed by atoms with Crippen LogP contribution in [0.4, 0.5) is 0 Å². The molecule has 1 unspecified atom stereocenters. The summed E-state index contributed by atoms with van der Waals surface area (Å²) in [4.78, 5) is 14.3. The fourth-order valence-electron chi connectivity index (χ4n) is 2.92. The number of hydrogen-bond donors (Lipinski definition) is 2. The molecule has 1 aromatic rings. The van der Waals surface area contributed by atoms with Crippen LogP contribution in [0.25, 0.3) is 0 Å². The highest BCUT2D eigenvalue weighted by molar-refractivity contribution is 5.79. The van der Waals surface area contributed by atoms with Gasteiger partial charge in [0.2, 0.25) is 5.91 Å². The van der Waals surface area contributed by atoms with Gasteiger partial charge in [0, 0.05) is 19.6 Å². The molecule has 1 atom stereocenters. The van der Waals surface area contributed by atoms with Crippen LogP contribution in [0.5, 0.6) is 5.75 Å². The molecular formula is C16H24N2O2. The fraction of sp³-hybridized carbons (Fsp3) is 0.562. The Labute approximate surface area is 120 Å². The van der Waals surface area contributed by atoms with Gasteiger partial charge in [-0.2, -0.15) is 0 Å². The third kappa shape index (κ3) is 3.12. The zero-order chi connectivity index (χ0) is 14.7. The number of nitrogens with zero attached hydrogens (tertiary/aromatic N) is 1. The molecule has 1 fully saturated rings. The molecule has 2 rings (SSSR count). The maximum Gasteiger partial charge on any atom is 0.227 e. The van der Waals surface area contributed by atoms with Gasteiger partial charge in [-0.1, -0.05) is 12.1 Å². The van der Waals surface area contributed by atoms with Crippen LogP contribution < -0.4 is 5.73 Å². The van der Waals surface area contributed by atoms with Gasteiger partial charge in [0.1, 0.15) is 5.75 Å². The normalized spacial score (nSPS) is 16.4. The number of aryl methyl sites for hydroxylation is 2. The average Bonchev–Trinajstić information content (AvgIpc) is 2.95. The molecule has 0 spiro atoms. The Hall–Kier alpha value is -1.55. The number of hydrogen-bond acceptors (Lipinski definition) is 3. The van der Waals surface area contributed by atoms with Gasteiger partial charge in [-0.05, 0) is 49.8 Å². The minimum Gasteiger partial charge on any atom is -0.507 e. The van der Waals surface area contributed by atoms with Crippen LogP contribution in [0.15, 0.2) is 12.1 Å². The average molecular weight is 276 g/mol. The van der Waals surface area contributed by atoms with Gasteiger partial charge < -0.3 is 15.7 Å². The molecule has 110 valence electrons. The summed E-state index contributed by atoms with van der Waals surface area (Å²) in [7, 11) is 0. The summed E-state index contributed by atoms with van der Waals surface area (Å²) in [6.07, 6.45) is 2.84. The lowest BCUT2D eigenvalue weighted by molar-refractivity contribution is -0.134. The minimum absolute atomic E-state index is 0.156. The number of phenols is 1. The lowest BCUT2D eigenvalue weighted by atomic mass is 9.95. The van der Waals surface area contributed by atoms with E-state index in [1.165, 1.54) is 0 Å². The predicted molar refractivity (Wildman–Crippen MR) is 79.6 cm³/mol. The summed E-state index contributed by atoms with van der Waals surface area (Å²) < 4.78 is 0. The zero-order valence-corrected chi connectivity index (χ0v) is 12.4. The number of amides is 1. The molecular weight excluding hydrogens is 252 g/mol. The van der Waals surface area contributed by atoms with Crippen LogP contribution >= 0.6 is 0 Å². The Morgan fingerprint density at radius 2 is 1.85 bits per heavy atom. The molecule has 0 bridgehead atoms. The minimum atomic E-state index is -0.156. The molecule has 1 aliphatic heterocycles. The fourth-order valence-corrected chi connectivity index (χ4v) is 2.92. The van der Waals surface area contributed by atoms with Crippen LogP contribution in [0.2, 0.25) is 0 Å². The van der Waals surface area contributed by atoms with Crippen molar-refractivity contribution in [3.05, 3.63) is 28.8 Å². The number of carbonyl (C=O) groups is 1. The standard InChI is InChI=1S/C16H24N2O2/c1-11-7-13(8-12(2)15(11)19)9-14(10-17)16(20)18-5-3-4-6-18/h7-8,14,19H,3-6,9-10,17H2,1-2H3. The summed E-state index contributed by atoms with van der Waals surface area (Å²) in [6.45, 7) is 5.86. The van der Waals surface area contributed by atoms with Gasteiger partial charge in [0.15, 0.2) is 0 Å². The molecule has 4 heteroatoms. The van der Waals surface area contributed by atoms with Crippen LogP contribution in [0.1, 0.15) is 29.5 Å². The van der Waals surface area contributed by atoms with Crippen molar-refractivity contribution in [1.82, 2.24) is 4.90 Å². The van der Waals surface area contributed by atoms with Gasteiger partial charge in [0.25, 0.3) is 0 Å². The zero-order valence-electron chi connectivity index (χ0n) is 12.4. The number of phenolic OH excluding ortho intramolecular Hbond substituents is 1. The number of rotatable bonds is 4. The Morgan fingerprint density at radius 1 is 1.30 bits per heavy atom.